The first-order valence-electron chi connectivity index (χ1n) is 19.1. The minimum Gasteiger partial charge on any atom is -0.477 e. The van der Waals surface area contributed by atoms with E-state index in [1.807, 2.05) is 0 Å². The molecule has 328 valence electrons. The van der Waals surface area contributed by atoms with Crippen LogP contribution < -0.4 is 32.5 Å². The van der Waals surface area contributed by atoms with Gasteiger partial charge in [0.15, 0.2) is 0 Å². The summed E-state index contributed by atoms with van der Waals surface area (Å²) in [6.07, 6.45) is -4.89. The van der Waals surface area contributed by atoms with E-state index in [0.717, 1.165) is 0 Å². The standard InChI is InChI=1S/C36H62N4O17/c1-35(2,3)56-26(45)8-12-51-14-16-53-18-19-54-17-15-52-13-10-39-29-28(31(47)32(29)48)38-9-6-4-5-7-11-55-36(34(49)50)20-23(42)27(40-25(44)22-41)33(57-36)30(46)24(43)21-37/h23-24,27,30,33,38-39,41-43,46H,4-22,37H2,1-3H3,(H,40,44)(H,49,50)/t23-,24+,27+,30+,33+,36+/m0/s1. The Balaban J connectivity index is 1.58. The van der Waals surface area contributed by atoms with Gasteiger partial charge in [0, 0.05) is 26.1 Å². The molecular formula is C36H62N4O17. The van der Waals surface area contributed by atoms with Crippen molar-refractivity contribution in [2.75, 3.05) is 96.3 Å². The van der Waals surface area contributed by atoms with Crippen LogP contribution in [0.25, 0.3) is 0 Å². The highest BCUT2D eigenvalue weighted by Gasteiger charge is 2.55. The molecule has 1 amide bonds. The Hall–Kier alpha value is -3.35. The number of anilines is 2. The molecular weight excluding hydrogens is 760 g/mol. The number of aliphatic hydroxyl groups is 4. The number of carbonyl (C=O) groups is 3. The molecule has 0 radical (unpaired) electrons. The van der Waals surface area contributed by atoms with E-state index in [9.17, 15) is 44.4 Å². The molecule has 1 aliphatic heterocycles. The molecule has 21 nitrogen and oxygen atoms in total. The van der Waals surface area contributed by atoms with E-state index >= 15 is 0 Å². The van der Waals surface area contributed by atoms with Crippen molar-refractivity contribution < 1.29 is 73.1 Å². The van der Waals surface area contributed by atoms with E-state index in [1.165, 1.54) is 0 Å². The Bertz CT molecular complexity index is 1420. The zero-order chi connectivity index (χ0) is 42.4. The van der Waals surface area contributed by atoms with E-state index in [2.05, 4.69) is 16.0 Å². The number of carbonyl (C=O) groups excluding carboxylic acids is 2. The highest BCUT2D eigenvalue weighted by molar-refractivity contribution is 5.78. The molecule has 0 aliphatic carbocycles. The summed E-state index contributed by atoms with van der Waals surface area (Å²) in [4.78, 5) is 59.9. The lowest BCUT2D eigenvalue weighted by atomic mass is 9.88. The van der Waals surface area contributed by atoms with Crippen molar-refractivity contribution in [2.24, 2.45) is 5.73 Å². The van der Waals surface area contributed by atoms with E-state index in [0.29, 0.717) is 78.4 Å². The number of aliphatic carboxylic acids is 1. The molecule has 1 aromatic rings. The normalized spacial score (nSPS) is 20.9. The number of unbranched alkanes of at least 4 members (excludes halogenated alkanes) is 3. The van der Waals surface area contributed by atoms with E-state index in [4.69, 9.17) is 44.0 Å². The van der Waals surface area contributed by atoms with Crippen molar-refractivity contribution in [3.8, 4) is 0 Å². The Kier molecular flexibility index (Phi) is 22.6. The molecule has 0 aromatic heterocycles. The Morgan fingerprint density at radius 2 is 1.39 bits per heavy atom. The number of carboxylic acid groups (broad SMARTS) is 1. The Morgan fingerprint density at radius 3 is 1.93 bits per heavy atom. The van der Waals surface area contributed by atoms with Crippen molar-refractivity contribution in [3.05, 3.63) is 20.4 Å². The molecule has 57 heavy (non-hydrogen) atoms. The molecule has 2 rings (SSSR count). The number of rotatable bonds is 31. The van der Waals surface area contributed by atoms with Gasteiger partial charge in [-0.15, -0.1) is 0 Å². The van der Waals surface area contributed by atoms with E-state index < -0.39 is 84.2 Å². The summed E-state index contributed by atoms with van der Waals surface area (Å²) in [7, 11) is 0. The number of hydrogen-bond acceptors (Lipinski definition) is 19. The quantitative estimate of drug-likeness (QED) is 0.0214. The van der Waals surface area contributed by atoms with Crippen molar-refractivity contribution in [2.45, 2.75) is 101 Å². The zero-order valence-electron chi connectivity index (χ0n) is 33.0. The maximum absolute atomic E-state index is 12.3. The van der Waals surface area contributed by atoms with Crippen LogP contribution in [0.1, 0.15) is 59.3 Å². The third-order valence-electron chi connectivity index (χ3n) is 8.50. The number of nitrogens with two attached hydrogens (primary N) is 1. The van der Waals surface area contributed by atoms with Crippen LogP contribution in [0, 0.1) is 0 Å². The van der Waals surface area contributed by atoms with Crippen LogP contribution in [0.2, 0.25) is 0 Å². The van der Waals surface area contributed by atoms with Gasteiger partial charge in [0.05, 0.1) is 84.1 Å². The summed E-state index contributed by atoms with van der Waals surface area (Å²) in [5.41, 5.74) is 4.04. The lowest BCUT2D eigenvalue weighted by Crippen LogP contribution is -2.68. The third-order valence-corrected chi connectivity index (χ3v) is 8.50. The maximum Gasteiger partial charge on any atom is 0.364 e. The maximum atomic E-state index is 12.3. The molecule has 1 aromatic carbocycles. The lowest BCUT2D eigenvalue weighted by Gasteiger charge is -2.46. The molecule has 1 heterocycles. The Labute approximate surface area is 331 Å². The second-order valence-electron chi connectivity index (χ2n) is 14.3. The van der Waals surface area contributed by atoms with Crippen LogP contribution in [0.5, 0.6) is 0 Å². The van der Waals surface area contributed by atoms with Gasteiger partial charge in [-0.2, -0.15) is 0 Å². The molecule has 0 bridgehead atoms. The average Bonchev–Trinajstić information content (AvgIpc) is 3.16. The second kappa shape index (κ2) is 25.9. The van der Waals surface area contributed by atoms with Gasteiger partial charge in [-0.05, 0) is 33.6 Å². The summed E-state index contributed by atoms with van der Waals surface area (Å²) in [5, 5.41) is 58.6. The number of esters is 1. The topological polar surface area (TPSA) is 313 Å². The summed E-state index contributed by atoms with van der Waals surface area (Å²) in [6.45, 7) is 7.22. The molecule has 6 atom stereocenters. The average molecular weight is 823 g/mol. The van der Waals surface area contributed by atoms with Crippen LogP contribution in [-0.2, 0) is 47.5 Å². The summed E-state index contributed by atoms with van der Waals surface area (Å²) < 4.78 is 38.1. The first-order chi connectivity index (χ1) is 27.1. The fraction of sp³-hybridized carbons (Fsp3) is 0.806. The van der Waals surface area contributed by atoms with Gasteiger partial charge < -0.3 is 80.4 Å². The number of ether oxygens (including phenoxy) is 7. The first kappa shape index (κ1) is 49.8. The number of nitrogens with one attached hydrogen (secondary N) is 3. The van der Waals surface area contributed by atoms with Gasteiger partial charge in [-0.3, -0.25) is 19.2 Å². The minimum atomic E-state index is -2.41. The highest BCUT2D eigenvalue weighted by atomic mass is 16.7. The molecule has 1 saturated heterocycles. The molecule has 1 fully saturated rings. The van der Waals surface area contributed by atoms with Crippen molar-refractivity contribution in [1.29, 1.82) is 0 Å². The SMILES string of the molecule is CC(C)(C)OC(=O)CCOCCOCCOCCOCCNc1c(NCCCCCCO[C@]2(C(=O)O)C[C@H](O)[C@@H](NC(=O)CO)[C@H]([C@H](O)[C@H](O)CN)O2)c(=O)c1=O. The molecule has 0 spiro atoms. The molecule has 0 unspecified atom stereocenters. The predicted molar refractivity (Wildman–Crippen MR) is 202 cm³/mol. The number of hydrogen-bond donors (Lipinski definition) is 9. The lowest BCUT2D eigenvalue weighted by molar-refractivity contribution is -0.310. The van der Waals surface area contributed by atoms with Gasteiger partial charge in [-0.25, -0.2) is 4.79 Å². The summed E-state index contributed by atoms with van der Waals surface area (Å²) >= 11 is 0. The van der Waals surface area contributed by atoms with Gasteiger partial charge in [-0.1, -0.05) is 12.8 Å². The van der Waals surface area contributed by atoms with Gasteiger partial charge in [0.25, 0.3) is 16.6 Å². The summed E-state index contributed by atoms with van der Waals surface area (Å²) in [5.74, 6) is -5.24. The molecule has 10 N–H and O–H groups in total. The zero-order valence-corrected chi connectivity index (χ0v) is 33.0. The van der Waals surface area contributed by atoms with Gasteiger partial charge >= 0.3 is 11.9 Å². The van der Waals surface area contributed by atoms with Crippen LogP contribution >= 0.6 is 0 Å². The van der Waals surface area contributed by atoms with Crippen LogP contribution in [0.4, 0.5) is 11.4 Å². The largest absolute Gasteiger partial charge is 0.477 e. The Morgan fingerprint density at radius 1 is 0.842 bits per heavy atom. The molecule has 21 heteroatoms. The fourth-order valence-electron chi connectivity index (χ4n) is 5.62. The van der Waals surface area contributed by atoms with Crippen LogP contribution in [0.3, 0.4) is 0 Å². The van der Waals surface area contributed by atoms with Crippen LogP contribution in [0.15, 0.2) is 9.59 Å². The third kappa shape index (κ3) is 17.6. The van der Waals surface area contributed by atoms with Crippen molar-refractivity contribution in [3.63, 3.8) is 0 Å². The molecule has 0 saturated carbocycles. The number of amides is 1. The monoisotopic (exact) mass is 822 g/mol. The minimum absolute atomic E-state index is 0.117. The first-order valence-corrected chi connectivity index (χ1v) is 19.1. The summed E-state index contributed by atoms with van der Waals surface area (Å²) in [6, 6.07) is -1.38. The highest BCUT2D eigenvalue weighted by Crippen LogP contribution is 2.34. The second-order valence-corrected chi connectivity index (χ2v) is 14.3. The van der Waals surface area contributed by atoms with Crippen molar-refractivity contribution in [1.82, 2.24) is 5.32 Å². The number of aliphatic hydroxyl groups excluding tert-OH is 4. The fourth-order valence-corrected chi connectivity index (χ4v) is 5.62. The van der Waals surface area contributed by atoms with Crippen LogP contribution in [-0.4, -0.2) is 171 Å². The van der Waals surface area contributed by atoms with E-state index in [-0.39, 0.29) is 43.6 Å². The van der Waals surface area contributed by atoms with Gasteiger partial charge in [0.2, 0.25) is 5.91 Å². The van der Waals surface area contributed by atoms with Gasteiger partial charge in [0.1, 0.15) is 35.8 Å². The van der Waals surface area contributed by atoms with E-state index in [1.54, 1.807) is 20.8 Å². The smallest absolute Gasteiger partial charge is 0.364 e. The van der Waals surface area contributed by atoms with Crippen molar-refractivity contribution >= 4 is 29.2 Å². The molecule has 1 aliphatic rings. The number of carboxylic acids is 1. The predicted octanol–water partition coefficient (Wildman–Crippen LogP) is -2.43.